The molecule has 0 aromatic carbocycles. The Hall–Kier alpha value is -0.0500. The van der Waals surface area contributed by atoms with Crippen LogP contribution in [-0.2, 0) is 4.79 Å². The van der Waals surface area contributed by atoms with Crippen molar-refractivity contribution in [3.63, 3.8) is 0 Å². The smallest absolute Gasteiger partial charge is 0.221 e. The van der Waals surface area contributed by atoms with Crippen molar-refractivity contribution in [3.05, 3.63) is 0 Å². The zero-order valence-corrected chi connectivity index (χ0v) is 13.2. The first-order valence-corrected chi connectivity index (χ1v) is 9.10. The second-order valence-electron chi connectivity index (χ2n) is 8.06. The molecule has 2 nitrogen and oxygen atoms in total. The van der Waals surface area contributed by atoms with Crippen molar-refractivity contribution in [2.24, 2.45) is 23.2 Å². The van der Waals surface area contributed by atoms with E-state index in [1.807, 2.05) is 0 Å². The van der Waals surface area contributed by atoms with Gasteiger partial charge in [0.1, 0.15) is 0 Å². The number of nitrogens with one attached hydrogen (secondary N) is 1. The van der Waals surface area contributed by atoms with Gasteiger partial charge < -0.3 is 5.32 Å². The van der Waals surface area contributed by atoms with Crippen molar-refractivity contribution in [3.8, 4) is 0 Å². The van der Waals surface area contributed by atoms with Gasteiger partial charge in [-0.2, -0.15) is 0 Å². The summed E-state index contributed by atoms with van der Waals surface area (Å²) in [5, 5.41) is 4.23. The molecular weight excluding hydrogens is 302 g/mol. The Morgan fingerprint density at radius 3 is 2.00 bits per heavy atom. The molecule has 19 heavy (non-hydrogen) atoms. The molecule has 0 spiro atoms. The van der Waals surface area contributed by atoms with Crippen LogP contribution in [0.4, 0.5) is 0 Å². The van der Waals surface area contributed by atoms with Crippen LogP contribution in [-0.4, -0.2) is 16.8 Å². The molecule has 0 aliphatic heterocycles. The van der Waals surface area contributed by atoms with Gasteiger partial charge in [-0.15, -0.1) is 0 Å². The van der Waals surface area contributed by atoms with Crippen LogP contribution in [0.1, 0.15) is 57.8 Å². The first-order chi connectivity index (χ1) is 9.10. The highest BCUT2D eigenvalue weighted by Crippen LogP contribution is 2.61. The maximum absolute atomic E-state index is 12.4. The Balaban J connectivity index is 1.43. The summed E-state index contributed by atoms with van der Waals surface area (Å²) in [6.07, 6.45) is 11.5. The largest absolute Gasteiger partial charge is 0.350 e. The standard InChI is InChI=1S/C16H24BrNO/c17-10-16(1-2-16)18-14(19)9-15-6-11-3-12(7-15)5-13(4-11)8-15/h11-13H,1-10H2,(H,18,19). The molecule has 1 N–H and O–H groups in total. The third kappa shape index (κ3) is 2.26. The number of halogens is 1. The molecule has 3 heteroatoms. The van der Waals surface area contributed by atoms with Crippen molar-refractivity contribution in [2.75, 3.05) is 5.33 Å². The lowest BCUT2D eigenvalue weighted by molar-refractivity contribution is -0.130. The van der Waals surface area contributed by atoms with E-state index in [0.29, 0.717) is 11.3 Å². The zero-order valence-electron chi connectivity index (χ0n) is 11.6. The van der Waals surface area contributed by atoms with E-state index in [4.69, 9.17) is 0 Å². The van der Waals surface area contributed by atoms with Gasteiger partial charge in [0.2, 0.25) is 5.91 Å². The van der Waals surface area contributed by atoms with E-state index in [1.54, 1.807) is 0 Å². The van der Waals surface area contributed by atoms with E-state index in [-0.39, 0.29) is 5.54 Å². The number of hydrogen-bond acceptors (Lipinski definition) is 1. The Bertz CT molecular complexity index is 366. The number of amides is 1. The van der Waals surface area contributed by atoms with Gasteiger partial charge >= 0.3 is 0 Å². The molecule has 0 atom stereocenters. The van der Waals surface area contributed by atoms with Crippen LogP contribution >= 0.6 is 15.9 Å². The summed E-state index contributed by atoms with van der Waals surface area (Å²) in [4.78, 5) is 12.4. The number of hydrogen-bond donors (Lipinski definition) is 1. The highest BCUT2D eigenvalue weighted by atomic mass is 79.9. The van der Waals surface area contributed by atoms with Gasteiger partial charge in [-0.05, 0) is 74.5 Å². The SMILES string of the molecule is O=C(CC12CC3CC(CC(C3)C1)C2)NC1(CBr)CC1. The predicted octanol–water partition coefficient (Wildman–Crippen LogP) is 3.64. The summed E-state index contributed by atoms with van der Waals surface area (Å²) in [6.45, 7) is 0. The van der Waals surface area contributed by atoms with Crippen LogP contribution < -0.4 is 5.32 Å². The normalized spacial score (nSPS) is 45.2. The average molecular weight is 326 g/mol. The molecule has 0 radical (unpaired) electrons. The van der Waals surface area contributed by atoms with Crippen LogP contribution in [0.3, 0.4) is 0 Å². The summed E-state index contributed by atoms with van der Waals surface area (Å²) >= 11 is 3.54. The van der Waals surface area contributed by atoms with Gasteiger partial charge in [-0.3, -0.25) is 4.79 Å². The molecule has 0 unspecified atom stereocenters. The maximum Gasteiger partial charge on any atom is 0.221 e. The van der Waals surface area contributed by atoms with Crippen molar-refractivity contribution >= 4 is 21.8 Å². The van der Waals surface area contributed by atoms with Crippen molar-refractivity contribution < 1.29 is 4.79 Å². The maximum atomic E-state index is 12.4. The first-order valence-electron chi connectivity index (χ1n) is 7.97. The fraction of sp³-hybridized carbons (Fsp3) is 0.938. The number of alkyl halides is 1. The minimum absolute atomic E-state index is 0.124. The molecule has 5 saturated carbocycles. The van der Waals surface area contributed by atoms with Crippen LogP contribution in [0.5, 0.6) is 0 Å². The van der Waals surface area contributed by atoms with Gasteiger partial charge in [0, 0.05) is 17.3 Å². The fourth-order valence-corrected chi connectivity index (χ4v) is 6.33. The average Bonchev–Trinajstić information content (AvgIpc) is 3.06. The van der Waals surface area contributed by atoms with Gasteiger partial charge in [0.05, 0.1) is 0 Å². The van der Waals surface area contributed by atoms with E-state index >= 15 is 0 Å². The van der Waals surface area contributed by atoms with Gasteiger partial charge in [0.25, 0.3) is 0 Å². The minimum atomic E-state index is 0.124. The van der Waals surface area contributed by atoms with Crippen LogP contribution in [0.2, 0.25) is 0 Å². The molecule has 5 rings (SSSR count). The number of carbonyl (C=O) groups excluding carboxylic acids is 1. The Labute approximate surface area is 124 Å². The molecule has 5 aliphatic carbocycles. The summed E-state index contributed by atoms with van der Waals surface area (Å²) in [5.74, 6) is 3.18. The zero-order chi connectivity index (χ0) is 13.1. The van der Waals surface area contributed by atoms with E-state index < -0.39 is 0 Å². The molecule has 5 fully saturated rings. The number of rotatable bonds is 4. The van der Waals surface area contributed by atoms with Crippen molar-refractivity contribution in [1.82, 2.24) is 5.32 Å². The highest BCUT2D eigenvalue weighted by molar-refractivity contribution is 9.09. The minimum Gasteiger partial charge on any atom is -0.350 e. The van der Waals surface area contributed by atoms with E-state index in [1.165, 1.54) is 38.5 Å². The molecule has 0 aromatic rings. The predicted molar refractivity (Wildman–Crippen MR) is 79.1 cm³/mol. The molecule has 106 valence electrons. The second kappa shape index (κ2) is 4.22. The lowest BCUT2D eigenvalue weighted by Gasteiger charge is -2.56. The van der Waals surface area contributed by atoms with Gasteiger partial charge in [0.15, 0.2) is 0 Å². The van der Waals surface area contributed by atoms with Crippen LogP contribution in [0.25, 0.3) is 0 Å². The number of carbonyl (C=O) groups is 1. The molecular formula is C16H24BrNO. The highest BCUT2D eigenvalue weighted by Gasteiger charge is 2.52. The first kappa shape index (κ1) is 12.7. The summed E-state index contributed by atoms with van der Waals surface area (Å²) < 4.78 is 0. The topological polar surface area (TPSA) is 29.1 Å². The van der Waals surface area contributed by atoms with E-state index in [9.17, 15) is 4.79 Å². The third-order valence-electron chi connectivity index (χ3n) is 6.21. The van der Waals surface area contributed by atoms with Crippen molar-refractivity contribution in [2.45, 2.75) is 63.3 Å². The lowest BCUT2D eigenvalue weighted by atomic mass is 9.49. The van der Waals surface area contributed by atoms with E-state index in [0.717, 1.165) is 42.3 Å². The quantitative estimate of drug-likeness (QED) is 0.785. The van der Waals surface area contributed by atoms with Crippen molar-refractivity contribution in [1.29, 1.82) is 0 Å². The molecule has 0 aromatic heterocycles. The molecule has 0 saturated heterocycles. The Morgan fingerprint density at radius 2 is 1.58 bits per heavy atom. The summed E-state index contributed by atoms with van der Waals surface area (Å²) in [7, 11) is 0. The monoisotopic (exact) mass is 325 g/mol. The van der Waals surface area contributed by atoms with Gasteiger partial charge in [-0.1, -0.05) is 15.9 Å². The molecule has 5 aliphatic rings. The summed E-state index contributed by atoms with van der Waals surface area (Å²) in [6, 6.07) is 0. The Morgan fingerprint density at radius 1 is 1.05 bits per heavy atom. The lowest BCUT2D eigenvalue weighted by Crippen LogP contribution is -2.49. The Kier molecular flexibility index (Phi) is 2.82. The fourth-order valence-electron chi connectivity index (χ4n) is 5.63. The molecule has 1 amide bonds. The van der Waals surface area contributed by atoms with Gasteiger partial charge in [-0.25, -0.2) is 0 Å². The molecule has 4 bridgehead atoms. The van der Waals surface area contributed by atoms with E-state index in [2.05, 4.69) is 21.2 Å². The summed E-state index contributed by atoms with van der Waals surface area (Å²) in [5.41, 5.74) is 0.514. The third-order valence-corrected chi connectivity index (χ3v) is 7.29. The second-order valence-corrected chi connectivity index (χ2v) is 8.62. The molecule has 0 heterocycles. The van der Waals surface area contributed by atoms with Crippen LogP contribution in [0, 0.1) is 23.2 Å². The van der Waals surface area contributed by atoms with Crippen LogP contribution in [0.15, 0.2) is 0 Å².